The number of ether oxygens (including phenoxy) is 2. The Morgan fingerprint density at radius 1 is 1.35 bits per heavy atom. The van der Waals surface area contributed by atoms with Crippen molar-refractivity contribution in [2.24, 2.45) is 0 Å². The molecule has 4 heteroatoms. The van der Waals surface area contributed by atoms with Gasteiger partial charge in [-0.05, 0) is 31.5 Å². The molecule has 94 valence electrons. The summed E-state index contributed by atoms with van der Waals surface area (Å²) in [6.07, 6.45) is -0.206. The quantitative estimate of drug-likeness (QED) is 0.769. The summed E-state index contributed by atoms with van der Waals surface area (Å²) in [4.78, 5) is 11.6. The Labute approximate surface area is 101 Å². The van der Waals surface area contributed by atoms with Crippen molar-refractivity contribution in [2.75, 3.05) is 13.2 Å². The molecule has 1 N–H and O–H groups in total. The summed E-state index contributed by atoms with van der Waals surface area (Å²) in [5, 5.41) is 9.34. The molecule has 0 spiro atoms. The number of phenolic OH excluding ortho intramolecular Hbond substituents is 1. The van der Waals surface area contributed by atoms with Crippen LogP contribution in [0.5, 0.6) is 5.75 Å². The van der Waals surface area contributed by atoms with Crippen molar-refractivity contribution in [2.45, 2.75) is 26.4 Å². The van der Waals surface area contributed by atoms with Gasteiger partial charge in [0.1, 0.15) is 5.75 Å². The highest BCUT2D eigenvalue weighted by Gasteiger charge is 2.20. The average Bonchev–Trinajstić information content (AvgIpc) is 2.29. The summed E-state index contributed by atoms with van der Waals surface area (Å²) in [7, 11) is 0. The second kappa shape index (κ2) is 6.91. The average molecular weight is 238 g/mol. The van der Waals surface area contributed by atoms with E-state index in [2.05, 4.69) is 0 Å². The van der Waals surface area contributed by atoms with Crippen molar-refractivity contribution in [1.29, 1.82) is 0 Å². The highest BCUT2D eigenvalue weighted by atomic mass is 16.6. The molecule has 0 amide bonds. The Morgan fingerprint density at radius 2 is 2.12 bits per heavy atom. The van der Waals surface area contributed by atoms with E-state index in [0.29, 0.717) is 19.6 Å². The molecule has 0 saturated heterocycles. The van der Waals surface area contributed by atoms with Gasteiger partial charge in [-0.25, -0.2) is 4.79 Å². The zero-order chi connectivity index (χ0) is 12.7. The zero-order valence-corrected chi connectivity index (χ0v) is 10.2. The Balaban J connectivity index is 2.69. The Morgan fingerprint density at radius 3 is 2.71 bits per heavy atom. The molecule has 4 nitrogen and oxygen atoms in total. The van der Waals surface area contributed by atoms with Gasteiger partial charge >= 0.3 is 5.97 Å². The lowest BCUT2D eigenvalue weighted by molar-refractivity contribution is -0.156. The minimum Gasteiger partial charge on any atom is -0.508 e. The molecule has 17 heavy (non-hydrogen) atoms. The Bertz CT molecular complexity index is 362. The van der Waals surface area contributed by atoms with Crippen molar-refractivity contribution in [3.05, 3.63) is 29.8 Å². The highest BCUT2D eigenvalue weighted by molar-refractivity contribution is 5.75. The monoisotopic (exact) mass is 238 g/mol. The molecule has 0 heterocycles. The first-order valence-corrected chi connectivity index (χ1v) is 5.73. The molecule has 1 rings (SSSR count). The van der Waals surface area contributed by atoms with Gasteiger partial charge in [0.05, 0.1) is 6.61 Å². The molecule has 0 aliphatic rings. The summed E-state index contributed by atoms with van der Waals surface area (Å²) in [6, 6.07) is 6.78. The summed E-state index contributed by atoms with van der Waals surface area (Å²) in [5.74, 6) is -0.181. The SMILES string of the molecule is CCOC(=O)[C@@H](Cc1cccc(O)c1)OCC. The molecule has 0 aromatic heterocycles. The van der Waals surface area contributed by atoms with Gasteiger partial charge in [-0.1, -0.05) is 12.1 Å². The second-order valence-electron chi connectivity index (χ2n) is 3.57. The summed E-state index contributed by atoms with van der Waals surface area (Å²) < 4.78 is 10.3. The number of hydrogen-bond acceptors (Lipinski definition) is 4. The van der Waals surface area contributed by atoms with Crippen LogP contribution < -0.4 is 0 Å². The molecule has 0 bridgehead atoms. The fourth-order valence-corrected chi connectivity index (χ4v) is 1.54. The van der Waals surface area contributed by atoms with Crippen LogP contribution in [-0.2, 0) is 20.7 Å². The number of benzene rings is 1. The van der Waals surface area contributed by atoms with Crippen LogP contribution in [0.2, 0.25) is 0 Å². The van der Waals surface area contributed by atoms with Crippen LogP contribution in [0.3, 0.4) is 0 Å². The molecule has 0 fully saturated rings. The van der Waals surface area contributed by atoms with Gasteiger partial charge < -0.3 is 14.6 Å². The van der Waals surface area contributed by atoms with E-state index in [1.165, 1.54) is 0 Å². The lowest BCUT2D eigenvalue weighted by Gasteiger charge is -2.15. The van der Waals surface area contributed by atoms with E-state index < -0.39 is 6.10 Å². The minimum atomic E-state index is -0.609. The van der Waals surface area contributed by atoms with Gasteiger partial charge in [0.15, 0.2) is 6.10 Å². The number of carbonyl (C=O) groups excluding carboxylic acids is 1. The molecule has 0 unspecified atom stereocenters. The molecule has 0 aliphatic carbocycles. The summed E-state index contributed by atoms with van der Waals surface area (Å²) in [5.41, 5.74) is 0.844. The number of esters is 1. The van der Waals surface area contributed by atoms with Gasteiger partial charge in [-0.3, -0.25) is 0 Å². The van der Waals surface area contributed by atoms with E-state index in [4.69, 9.17) is 9.47 Å². The van der Waals surface area contributed by atoms with E-state index in [1.54, 1.807) is 25.1 Å². The number of phenols is 1. The predicted octanol–water partition coefficient (Wildman–Crippen LogP) is 1.90. The number of carbonyl (C=O) groups is 1. The largest absolute Gasteiger partial charge is 0.508 e. The summed E-state index contributed by atoms with van der Waals surface area (Å²) >= 11 is 0. The van der Waals surface area contributed by atoms with Gasteiger partial charge in [0.25, 0.3) is 0 Å². The Hall–Kier alpha value is -1.55. The summed E-state index contributed by atoms with van der Waals surface area (Å²) in [6.45, 7) is 4.37. The van der Waals surface area contributed by atoms with E-state index in [1.807, 2.05) is 13.0 Å². The molecule has 0 aliphatic heterocycles. The second-order valence-corrected chi connectivity index (χ2v) is 3.57. The fourth-order valence-electron chi connectivity index (χ4n) is 1.54. The minimum absolute atomic E-state index is 0.182. The number of hydrogen-bond donors (Lipinski definition) is 1. The van der Waals surface area contributed by atoms with Crippen LogP contribution in [0.1, 0.15) is 19.4 Å². The lowest BCUT2D eigenvalue weighted by atomic mass is 10.1. The van der Waals surface area contributed by atoms with Gasteiger partial charge in [-0.15, -0.1) is 0 Å². The zero-order valence-electron chi connectivity index (χ0n) is 10.2. The molecular formula is C13H18O4. The first-order chi connectivity index (χ1) is 8.17. The van der Waals surface area contributed by atoms with Crippen molar-refractivity contribution in [3.8, 4) is 5.75 Å². The maximum Gasteiger partial charge on any atom is 0.335 e. The number of aromatic hydroxyl groups is 1. The molecule has 0 saturated carbocycles. The molecule has 1 aromatic carbocycles. The van der Waals surface area contributed by atoms with E-state index in [-0.39, 0.29) is 11.7 Å². The highest BCUT2D eigenvalue weighted by Crippen LogP contribution is 2.14. The van der Waals surface area contributed by atoms with Crippen LogP contribution in [0, 0.1) is 0 Å². The standard InChI is InChI=1S/C13H18O4/c1-3-16-12(13(15)17-4-2)9-10-6-5-7-11(14)8-10/h5-8,12,14H,3-4,9H2,1-2H3/t12-/m1/s1. The number of rotatable bonds is 6. The van der Waals surface area contributed by atoms with Crippen molar-refractivity contribution in [1.82, 2.24) is 0 Å². The van der Waals surface area contributed by atoms with Crippen molar-refractivity contribution >= 4 is 5.97 Å². The van der Waals surface area contributed by atoms with Crippen LogP contribution in [-0.4, -0.2) is 30.4 Å². The maximum absolute atomic E-state index is 11.6. The first-order valence-electron chi connectivity index (χ1n) is 5.73. The molecular weight excluding hydrogens is 220 g/mol. The first kappa shape index (κ1) is 13.5. The topological polar surface area (TPSA) is 55.8 Å². The molecule has 0 radical (unpaired) electrons. The van der Waals surface area contributed by atoms with E-state index in [9.17, 15) is 9.90 Å². The fraction of sp³-hybridized carbons (Fsp3) is 0.462. The molecule has 1 atom stereocenters. The maximum atomic E-state index is 11.6. The molecule has 1 aromatic rings. The van der Waals surface area contributed by atoms with Crippen molar-refractivity contribution < 1.29 is 19.4 Å². The van der Waals surface area contributed by atoms with Crippen LogP contribution in [0.4, 0.5) is 0 Å². The van der Waals surface area contributed by atoms with E-state index in [0.717, 1.165) is 5.56 Å². The Kier molecular flexibility index (Phi) is 5.49. The lowest BCUT2D eigenvalue weighted by Crippen LogP contribution is -2.28. The smallest absolute Gasteiger partial charge is 0.335 e. The third kappa shape index (κ3) is 4.44. The van der Waals surface area contributed by atoms with Gasteiger partial charge in [0.2, 0.25) is 0 Å². The third-order valence-corrected chi connectivity index (χ3v) is 2.25. The normalized spacial score (nSPS) is 12.1. The van der Waals surface area contributed by atoms with Gasteiger partial charge in [0, 0.05) is 13.0 Å². The van der Waals surface area contributed by atoms with Crippen LogP contribution >= 0.6 is 0 Å². The van der Waals surface area contributed by atoms with E-state index >= 15 is 0 Å². The van der Waals surface area contributed by atoms with Crippen molar-refractivity contribution in [3.63, 3.8) is 0 Å². The van der Waals surface area contributed by atoms with Gasteiger partial charge in [-0.2, -0.15) is 0 Å². The van der Waals surface area contributed by atoms with Crippen LogP contribution in [0.15, 0.2) is 24.3 Å². The predicted molar refractivity (Wildman–Crippen MR) is 63.9 cm³/mol. The third-order valence-electron chi connectivity index (χ3n) is 2.25. The van der Waals surface area contributed by atoms with Crippen LogP contribution in [0.25, 0.3) is 0 Å².